The van der Waals surface area contributed by atoms with Crippen molar-refractivity contribution in [1.82, 2.24) is 9.97 Å². The second kappa shape index (κ2) is 8.24. The maximum absolute atomic E-state index is 12.9. The average Bonchev–Trinajstić information content (AvgIpc) is 3.42. The van der Waals surface area contributed by atoms with Gasteiger partial charge in [-0.2, -0.15) is 0 Å². The number of hydrogen-bond donors (Lipinski definition) is 0. The number of fused-ring (bicyclic) bond motifs is 2. The zero-order valence-electron chi connectivity index (χ0n) is 16.9. The number of nitrogens with zero attached hydrogens (tertiary/aromatic N) is 3. The Hall–Kier alpha value is -3.03. The Morgan fingerprint density at radius 1 is 1.19 bits per heavy atom. The zero-order valence-corrected chi connectivity index (χ0v) is 18.5. The first-order valence-electron chi connectivity index (χ1n) is 9.94. The van der Waals surface area contributed by atoms with Gasteiger partial charge in [-0.15, -0.1) is 11.3 Å². The van der Waals surface area contributed by atoms with Crippen LogP contribution in [0.1, 0.15) is 21.5 Å². The minimum atomic E-state index is 0.0521. The lowest BCUT2D eigenvalue weighted by atomic mass is 10.1. The van der Waals surface area contributed by atoms with Crippen LogP contribution in [0.5, 0.6) is 0 Å². The summed E-state index contributed by atoms with van der Waals surface area (Å²) in [5, 5.41) is 3.93. The number of rotatable bonds is 6. The van der Waals surface area contributed by atoms with Gasteiger partial charge in [0.05, 0.1) is 11.1 Å². The van der Waals surface area contributed by atoms with Crippen LogP contribution in [0.4, 0.5) is 5.69 Å². The summed E-state index contributed by atoms with van der Waals surface area (Å²) >= 11 is 3.04. The maximum Gasteiger partial charge on any atom is 0.214 e. The van der Waals surface area contributed by atoms with Gasteiger partial charge < -0.3 is 4.90 Å². The predicted molar refractivity (Wildman–Crippen MR) is 126 cm³/mol. The molecule has 1 aliphatic rings. The summed E-state index contributed by atoms with van der Waals surface area (Å²) in [7, 11) is 0. The highest BCUT2D eigenvalue weighted by Gasteiger charge is 2.20. The average molecular weight is 446 g/mol. The fourth-order valence-electron chi connectivity index (χ4n) is 3.83. The second-order valence-corrected chi connectivity index (χ2v) is 9.30. The molecule has 0 bridgehead atoms. The van der Waals surface area contributed by atoms with E-state index in [1.54, 1.807) is 28.6 Å². The summed E-state index contributed by atoms with van der Waals surface area (Å²) in [5.74, 6) is 0.349. The molecule has 1 amide bonds. The van der Waals surface area contributed by atoms with Crippen molar-refractivity contribution >= 4 is 51.2 Å². The fraction of sp³-hybridized carbons (Fsp3) is 0.167. The topological polar surface area (TPSA) is 63.2 Å². The van der Waals surface area contributed by atoms with Gasteiger partial charge in [0.15, 0.2) is 5.78 Å². The fourth-order valence-corrected chi connectivity index (χ4v) is 5.72. The molecule has 2 aromatic carbocycles. The van der Waals surface area contributed by atoms with Crippen LogP contribution in [0, 0.1) is 6.92 Å². The van der Waals surface area contributed by atoms with Crippen LogP contribution in [0.3, 0.4) is 0 Å². The zero-order chi connectivity index (χ0) is 21.4. The highest BCUT2D eigenvalue weighted by Crippen LogP contribution is 2.38. The van der Waals surface area contributed by atoms with Gasteiger partial charge >= 0.3 is 0 Å². The van der Waals surface area contributed by atoms with Crippen molar-refractivity contribution in [2.75, 3.05) is 17.2 Å². The van der Waals surface area contributed by atoms with Crippen LogP contribution in [-0.2, 0) is 11.2 Å². The van der Waals surface area contributed by atoms with Gasteiger partial charge in [-0.3, -0.25) is 9.59 Å². The van der Waals surface area contributed by atoms with Crippen molar-refractivity contribution in [1.29, 1.82) is 0 Å². The van der Waals surface area contributed by atoms with Crippen molar-refractivity contribution in [3.05, 3.63) is 70.9 Å². The van der Waals surface area contributed by atoms with Crippen LogP contribution < -0.4 is 4.90 Å². The van der Waals surface area contributed by atoms with Crippen LogP contribution in [-0.4, -0.2) is 34.5 Å². The first-order valence-corrected chi connectivity index (χ1v) is 11.8. The molecule has 0 unspecified atom stereocenters. The number of ketones is 1. The molecule has 154 valence electrons. The van der Waals surface area contributed by atoms with Crippen molar-refractivity contribution in [3.8, 4) is 11.1 Å². The molecule has 0 radical (unpaired) electrons. The van der Waals surface area contributed by atoms with Crippen LogP contribution >= 0.6 is 23.1 Å². The van der Waals surface area contributed by atoms with E-state index in [-0.39, 0.29) is 5.78 Å². The van der Waals surface area contributed by atoms with E-state index in [1.165, 1.54) is 17.3 Å². The molecule has 0 N–H and O–H groups in total. The van der Waals surface area contributed by atoms with Gasteiger partial charge in [0.25, 0.3) is 0 Å². The Morgan fingerprint density at radius 3 is 2.84 bits per heavy atom. The molecular formula is C24H19N3O2S2. The lowest BCUT2D eigenvalue weighted by Crippen LogP contribution is -2.17. The van der Waals surface area contributed by atoms with Crippen LogP contribution in [0.2, 0.25) is 0 Å². The molecule has 0 saturated carbocycles. The second-order valence-electron chi connectivity index (χ2n) is 7.48. The molecule has 4 aromatic rings. The van der Waals surface area contributed by atoms with Crippen LogP contribution in [0.25, 0.3) is 21.3 Å². The van der Waals surface area contributed by atoms with E-state index >= 15 is 0 Å². The van der Waals surface area contributed by atoms with Gasteiger partial charge in [-0.25, -0.2) is 9.97 Å². The molecule has 1 aliphatic heterocycles. The first kappa shape index (κ1) is 19.9. The Kier molecular flexibility index (Phi) is 5.29. The summed E-state index contributed by atoms with van der Waals surface area (Å²) in [4.78, 5) is 35.5. The Bertz CT molecular complexity index is 1300. The summed E-state index contributed by atoms with van der Waals surface area (Å²) in [6, 6.07) is 14.0. The third-order valence-corrected chi connectivity index (χ3v) is 7.37. The molecule has 2 aromatic heterocycles. The third-order valence-electron chi connectivity index (χ3n) is 5.50. The number of hydrogen-bond acceptors (Lipinski definition) is 6. The molecule has 7 heteroatoms. The maximum atomic E-state index is 12.9. The standard InChI is InChI=1S/C24H19N3O2S2/c1-15-2-4-16(5-3-15)19-11-30-23-22(19)24(26-13-25-23)31-12-21(29)18-6-7-20-17(10-18)8-9-27(20)14-28/h2-7,10-11,13-14H,8-9,12H2,1H3. The van der Waals surface area contributed by atoms with Gasteiger partial charge in [0, 0.05) is 28.7 Å². The number of carbonyl (C=O) groups excluding carboxylic acids is 2. The van der Waals surface area contributed by atoms with E-state index in [0.717, 1.165) is 50.5 Å². The summed E-state index contributed by atoms with van der Waals surface area (Å²) in [6.45, 7) is 2.74. The number of anilines is 1. The highest BCUT2D eigenvalue weighted by atomic mass is 32.2. The number of benzene rings is 2. The number of aromatic nitrogens is 2. The van der Waals surface area contributed by atoms with E-state index in [0.29, 0.717) is 17.9 Å². The van der Waals surface area contributed by atoms with Crippen molar-refractivity contribution < 1.29 is 9.59 Å². The van der Waals surface area contributed by atoms with Gasteiger partial charge in [-0.1, -0.05) is 41.6 Å². The lowest BCUT2D eigenvalue weighted by molar-refractivity contribution is -0.107. The first-order chi connectivity index (χ1) is 15.1. The number of thiophene rings is 1. The monoisotopic (exact) mass is 445 g/mol. The molecule has 0 fully saturated rings. The minimum Gasteiger partial charge on any atom is -0.314 e. The summed E-state index contributed by atoms with van der Waals surface area (Å²) < 4.78 is 0. The van der Waals surface area contributed by atoms with E-state index in [9.17, 15) is 9.59 Å². The minimum absolute atomic E-state index is 0.0521. The number of thioether (sulfide) groups is 1. The van der Waals surface area contributed by atoms with E-state index in [2.05, 4.69) is 46.5 Å². The predicted octanol–water partition coefficient (Wildman–Crippen LogP) is 5.16. The third kappa shape index (κ3) is 3.75. The summed E-state index contributed by atoms with van der Waals surface area (Å²) in [6.07, 6.45) is 3.19. The molecule has 5 nitrogen and oxygen atoms in total. The number of Topliss-reactive ketones (excluding diaryl/α,β-unsaturated/α-hetero) is 1. The van der Waals surface area contributed by atoms with E-state index in [1.807, 2.05) is 12.1 Å². The van der Waals surface area contributed by atoms with Crippen LogP contribution in [0.15, 0.2) is 59.2 Å². The number of amides is 1. The number of carbonyl (C=O) groups is 2. The van der Waals surface area contributed by atoms with E-state index in [4.69, 9.17) is 0 Å². The van der Waals surface area contributed by atoms with Gasteiger partial charge in [0.2, 0.25) is 6.41 Å². The number of aryl methyl sites for hydroxylation is 1. The van der Waals surface area contributed by atoms with E-state index < -0.39 is 0 Å². The Labute approximate surface area is 188 Å². The highest BCUT2D eigenvalue weighted by molar-refractivity contribution is 8.00. The Morgan fingerprint density at radius 2 is 2.03 bits per heavy atom. The molecule has 0 saturated heterocycles. The quantitative estimate of drug-likeness (QED) is 0.178. The molecule has 0 spiro atoms. The van der Waals surface area contributed by atoms with Gasteiger partial charge in [0.1, 0.15) is 16.2 Å². The summed E-state index contributed by atoms with van der Waals surface area (Å²) in [5.41, 5.74) is 6.06. The largest absolute Gasteiger partial charge is 0.314 e. The van der Waals surface area contributed by atoms with Crippen molar-refractivity contribution in [3.63, 3.8) is 0 Å². The SMILES string of the molecule is Cc1ccc(-c2csc3ncnc(SCC(=O)c4ccc5c(c4)CCN5C=O)c23)cc1. The lowest BCUT2D eigenvalue weighted by Gasteiger charge is -2.10. The van der Waals surface area contributed by atoms with Gasteiger partial charge in [-0.05, 0) is 42.7 Å². The molecule has 5 rings (SSSR count). The molecule has 31 heavy (non-hydrogen) atoms. The molecule has 0 atom stereocenters. The molecule has 3 heterocycles. The normalized spacial score (nSPS) is 12.9. The molecular weight excluding hydrogens is 426 g/mol. The van der Waals surface area contributed by atoms with Crippen molar-refractivity contribution in [2.45, 2.75) is 18.4 Å². The van der Waals surface area contributed by atoms with Crippen molar-refractivity contribution in [2.24, 2.45) is 0 Å². The smallest absolute Gasteiger partial charge is 0.214 e. The molecule has 0 aliphatic carbocycles. The Balaban J connectivity index is 1.40.